The average Bonchev–Trinajstić information content (AvgIpc) is 2.78. The molecule has 0 saturated carbocycles. The summed E-state index contributed by atoms with van der Waals surface area (Å²) in [6.45, 7) is 0.322. The summed E-state index contributed by atoms with van der Waals surface area (Å²) in [5.41, 5.74) is 2.09. The van der Waals surface area contributed by atoms with Gasteiger partial charge in [-0.25, -0.2) is 4.98 Å². The van der Waals surface area contributed by atoms with E-state index in [1.807, 2.05) is 18.2 Å². The first-order valence-electron chi connectivity index (χ1n) is 8.99. The highest BCUT2D eigenvalue weighted by Gasteiger charge is 2.11. The fourth-order valence-corrected chi connectivity index (χ4v) is 2.98. The zero-order chi connectivity index (χ0) is 20.2. The highest BCUT2D eigenvalue weighted by atomic mass is 16.5. The van der Waals surface area contributed by atoms with Crippen molar-refractivity contribution < 1.29 is 9.53 Å². The molecule has 0 unspecified atom stereocenters. The lowest BCUT2D eigenvalue weighted by molar-refractivity contribution is 0.0950. The van der Waals surface area contributed by atoms with Crippen molar-refractivity contribution in [2.24, 2.45) is 0 Å². The van der Waals surface area contributed by atoms with Gasteiger partial charge in [-0.05, 0) is 42.5 Å². The number of carbonyl (C=O) groups excluding carboxylic acids is 1. The van der Waals surface area contributed by atoms with Crippen molar-refractivity contribution in [3.05, 3.63) is 94.8 Å². The van der Waals surface area contributed by atoms with Gasteiger partial charge in [-0.15, -0.1) is 0 Å². The molecular formula is C22H18N4O3. The van der Waals surface area contributed by atoms with Crippen LogP contribution in [0.3, 0.4) is 0 Å². The Bertz CT molecular complexity index is 1240. The highest BCUT2D eigenvalue weighted by Crippen LogP contribution is 2.16. The van der Waals surface area contributed by atoms with Crippen LogP contribution in [0.15, 0.2) is 78.0 Å². The number of fused-ring (bicyclic) bond motifs is 1. The maximum Gasteiger partial charge on any atom is 0.265 e. The molecule has 0 fully saturated rings. The SMILES string of the molecule is COc1cccc(-n2cnc3cc(C(=O)NCc4ccccn4)ccc3c2=O)c1. The van der Waals surface area contributed by atoms with Crippen molar-refractivity contribution in [1.82, 2.24) is 19.9 Å². The zero-order valence-corrected chi connectivity index (χ0v) is 15.7. The van der Waals surface area contributed by atoms with E-state index in [0.717, 1.165) is 5.69 Å². The van der Waals surface area contributed by atoms with E-state index in [1.54, 1.807) is 55.8 Å². The summed E-state index contributed by atoms with van der Waals surface area (Å²) in [4.78, 5) is 33.9. The molecule has 0 spiro atoms. The molecule has 0 radical (unpaired) electrons. The first-order chi connectivity index (χ1) is 14.2. The van der Waals surface area contributed by atoms with E-state index in [2.05, 4.69) is 15.3 Å². The molecular weight excluding hydrogens is 368 g/mol. The molecule has 0 aliphatic rings. The van der Waals surface area contributed by atoms with Gasteiger partial charge < -0.3 is 10.1 Å². The number of carbonyl (C=O) groups is 1. The van der Waals surface area contributed by atoms with Crippen LogP contribution >= 0.6 is 0 Å². The first kappa shape index (κ1) is 18.4. The van der Waals surface area contributed by atoms with Gasteiger partial charge in [0, 0.05) is 17.8 Å². The monoisotopic (exact) mass is 386 g/mol. The molecule has 4 aromatic rings. The maximum atomic E-state index is 12.9. The number of aromatic nitrogens is 3. The molecule has 2 aromatic heterocycles. The molecule has 0 saturated heterocycles. The average molecular weight is 386 g/mol. The fourth-order valence-electron chi connectivity index (χ4n) is 2.98. The minimum Gasteiger partial charge on any atom is -0.497 e. The molecule has 0 atom stereocenters. The van der Waals surface area contributed by atoms with Crippen LogP contribution in [0.2, 0.25) is 0 Å². The van der Waals surface area contributed by atoms with Gasteiger partial charge in [0.1, 0.15) is 12.1 Å². The predicted molar refractivity (Wildman–Crippen MR) is 109 cm³/mol. The number of methoxy groups -OCH3 is 1. The Labute approximate surface area is 166 Å². The summed E-state index contributed by atoms with van der Waals surface area (Å²) < 4.78 is 6.67. The van der Waals surface area contributed by atoms with E-state index in [4.69, 9.17) is 4.74 Å². The van der Waals surface area contributed by atoms with Crippen LogP contribution in [0.5, 0.6) is 5.75 Å². The van der Waals surface area contributed by atoms with Gasteiger partial charge in [0.25, 0.3) is 11.5 Å². The number of hydrogen-bond acceptors (Lipinski definition) is 5. The van der Waals surface area contributed by atoms with Crippen LogP contribution in [0.1, 0.15) is 16.1 Å². The van der Waals surface area contributed by atoms with Crippen molar-refractivity contribution in [3.8, 4) is 11.4 Å². The number of pyridine rings is 1. The second kappa shape index (κ2) is 7.93. The van der Waals surface area contributed by atoms with E-state index in [-0.39, 0.29) is 11.5 Å². The van der Waals surface area contributed by atoms with Gasteiger partial charge in [0.15, 0.2) is 0 Å². The van der Waals surface area contributed by atoms with Crippen molar-refractivity contribution in [2.75, 3.05) is 7.11 Å². The molecule has 4 rings (SSSR count). The minimum atomic E-state index is -0.253. The second-order valence-electron chi connectivity index (χ2n) is 6.36. The highest BCUT2D eigenvalue weighted by molar-refractivity contribution is 5.97. The van der Waals surface area contributed by atoms with Crippen LogP contribution in [0, 0.1) is 0 Å². The molecule has 0 aliphatic carbocycles. The van der Waals surface area contributed by atoms with Gasteiger partial charge >= 0.3 is 0 Å². The number of nitrogens with zero attached hydrogens (tertiary/aromatic N) is 3. The van der Waals surface area contributed by atoms with Gasteiger partial charge in [-0.1, -0.05) is 12.1 Å². The number of rotatable bonds is 5. The standard InChI is InChI=1S/C22H18N4O3/c1-29-18-7-4-6-17(12-18)26-14-25-20-11-15(8-9-19(20)22(26)28)21(27)24-13-16-5-2-3-10-23-16/h2-12,14H,13H2,1H3,(H,24,27). The summed E-state index contributed by atoms with van der Waals surface area (Å²) in [5.74, 6) is 0.394. The van der Waals surface area contributed by atoms with Crippen LogP contribution in [-0.4, -0.2) is 27.6 Å². The van der Waals surface area contributed by atoms with E-state index in [9.17, 15) is 9.59 Å². The second-order valence-corrected chi connectivity index (χ2v) is 6.36. The third kappa shape index (κ3) is 3.84. The largest absolute Gasteiger partial charge is 0.497 e. The normalized spacial score (nSPS) is 10.7. The van der Waals surface area contributed by atoms with Crippen molar-refractivity contribution >= 4 is 16.8 Å². The summed E-state index contributed by atoms with van der Waals surface area (Å²) >= 11 is 0. The molecule has 2 heterocycles. The van der Waals surface area contributed by atoms with E-state index < -0.39 is 0 Å². The van der Waals surface area contributed by atoms with Crippen LogP contribution in [0.25, 0.3) is 16.6 Å². The van der Waals surface area contributed by atoms with Crippen LogP contribution in [0.4, 0.5) is 0 Å². The number of hydrogen-bond donors (Lipinski definition) is 1. The molecule has 0 bridgehead atoms. The van der Waals surface area contributed by atoms with E-state index in [0.29, 0.717) is 34.4 Å². The zero-order valence-electron chi connectivity index (χ0n) is 15.7. The quantitative estimate of drug-likeness (QED) is 0.570. The smallest absolute Gasteiger partial charge is 0.265 e. The summed E-state index contributed by atoms with van der Waals surface area (Å²) in [5, 5.41) is 3.25. The number of nitrogens with one attached hydrogen (secondary N) is 1. The lowest BCUT2D eigenvalue weighted by Gasteiger charge is -2.09. The Hall–Kier alpha value is -4.00. The molecule has 0 aliphatic heterocycles. The Morgan fingerprint density at radius 1 is 1.07 bits per heavy atom. The van der Waals surface area contributed by atoms with E-state index >= 15 is 0 Å². The maximum absolute atomic E-state index is 12.9. The Morgan fingerprint density at radius 3 is 2.76 bits per heavy atom. The van der Waals surface area contributed by atoms with Gasteiger partial charge in [0.05, 0.1) is 35.9 Å². The predicted octanol–water partition coefficient (Wildman–Crippen LogP) is 2.72. The Balaban J connectivity index is 1.62. The third-order valence-electron chi connectivity index (χ3n) is 4.51. The van der Waals surface area contributed by atoms with Crippen LogP contribution in [-0.2, 0) is 6.54 Å². The van der Waals surface area contributed by atoms with Gasteiger partial charge in [0.2, 0.25) is 0 Å². The van der Waals surface area contributed by atoms with Gasteiger partial charge in [-0.2, -0.15) is 0 Å². The van der Waals surface area contributed by atoms with Gasteiger partial charge in [-0.3, -0.25) is 19.1 Å². The fraction of sp³-hybridized carbons (Fsp3) is 0.0909. The Morgan fingerprint density at radius 2 is 1.97 bits per heavy atom. The number of benzene rings is 2. The molecule has 144 valence electrons. The summed E-state index contributed by atoms with van der Waals surface area (Å²) in [6, 6.07) is 17.5. The summed E-state index contributed by atoms with van der Waals surface area (Å²) in [7, 11) is 1.57. The molecule has 1 N–H and O–H groups in total. The topological polar surface area (TPSA) is 86.1 Å². The molecule has 29 heavy (non-hydrogen) atoms. The molecule has 1 amide bonds. The lowest BCUT2D eigenvalue weighted by atomic mass is 10.1. The summed E-state index contributed by atoms with van der Waals surface area (Å²) in [6.07, 6.45) is 3.13. The molecule has 7 nitrogen and oxygen atoms in total. The van der Waals surface area contributed by atoms with Crippen molar-refractivity contribution in [3.63, 3.8) is 0 Å². The van der Waals surface area contributed by atoms with Crippen LogP contribution < -0.4 is 15.6 Å². The first-order valence-corrected chi connectivity index (χ1v) is 8.99. The molecule has 2 aromatic carbocycles. The number of amides is 1. The van der Waals surface area contributed by atoms with Crippen molar-refractivity contribution in [2.45, 2.75) is 6.54 Å². The van der Waals surface area contributed by atoms with Crippen molar-refractivity contribution in [1.29, 1.82) is 0 Å². The minimum absolute atomic E-state index is 0.219. The lowest BCUT2D eigenvalue weighted by Crippen LogP contribution is -2.24. The third-order valence-corrected chi connectivity index (χ3v) is 4.51. The molecule has 7 heteroatoms. The Kier molecular flexibility index (Phi) is 5.03. The van der Waals surface area contributed by atoms with E-state index in [1.165, 1.54) is 10.9 Å². The number of ether oxygens (including phenoxy) is 1.